The summed E-state index contributed by atoms with van der Waals surface area (Å²) in [5, 5.41) is 12.6. The van der Waals surface area contributed by atoms with Crippen molar-refractivity contribution in [1.82, 2.24) is 20.2 Å². The third-order valence-corrected chi connectivity index (χ3v) is 4.45. The first kappa shape index (κ1) is 14.3. The number of nitrogen functional groups attached to an aromatic ring is 1. The molecule has 0 saturated carbocycles. The normalized spacial score (nSPS) is 17.8. The fraction of sp³-hybridized carbons (Fsp3) is 0.500. The summed E-state index contributed by atoms with van der Waals surface area (Å²) in [4.78, 5) is 0. The molecular formula is C14H18ClN5O. The van der Waals surface area contributed by atoms with Crippen LogP contribution in [0.3, 0.4) is 0 Å². The van der Waals surface area contributed by atoms with Crippen LogP contribution in [0, 0.1) is 5.92 Å². The van der Waals surface area contributed by atoms with Gasteiger partial charge in [0.25, 0.3) is 0 Å². The first-order chi connectivity index (χ1) is 10.2. The van der Waals surface area contributed by atoms with Gasteiger partial charge in [0, 0.05) is 18.8 Å². The van der Waals surface area contributed by atoms with Crippen molar-refractivity contribution in [3.8, 4) is 11.4 Å². The Morgan fingerprint density at radius 3 is 2.90 bits per heavy atom. The van der Waals surface area contributed by atoms with Gasteiger partial charge in [-0.25, -0.2) is 4.68 Å². The van der Waals surface area contributed by atoms with E-state index in [2.05, 4.69) is 22.4 Å². The van der Waals surface area contributed by atoms with Crippen LogP contribution in [0.2, 0.25) is 5.02 Å². The van der Waals surface area contributed by atoms with Crippen molar-refractivity contribution in [3.63, 3.8) is 0 Å². The molecule has 0 aliphatic carbocycles. The second kappa shape index (κ2) is 5.99. The summed E-state index contributed by atoms with van der Waals surface area (Å²) in [7, 11) is 0. The quantitative estimate of drug-likeness (QED) is 0.882. The standard InChI is InChI=1S/C14H18ClN5O/c1-9(10-5-7-21-8-6-10)20-14(17-18-19-20)11-3-2-4-12(15)13(11)16/h2-4,9-10H,5-8,16H2,1H3. The summed E-state index contributed by atoms with van der Waals surface area (Å²) in [6.07, 6.45) is 2.04. The zero-order chi connectivity index (χ0) is 14.8. The lowest BCUT2D eigenvalue weighted by Crippen LogP contribution is -2.25. The predicted octanol–water partition coefficient (Wildman–Crippen LogP) is 2.56. The summed E-state index contributed by atoms with van der Waals surface area (Å²) in [5.41, 5.74) is 7.34. The third-order valence-electron chi connectivity index (χ3n) is 4.12. The van der Waals surface area contributed by atoms with Gasteiger partial charge in [0.05, 0.1) is 16.8 Å². The number of nitrogens with zero attached hydrogens (tertiary/aromatic N) is 4. The molecule has 2 heterocycles. The van der Waals surface area contributed by atoms with E-state index in [1.807, 2.05) is 16.8 Å². The second-order valence-corrected chi connectivity index (χ2v) is 5.75. The van der Waals surface area contributed by atoms with Crippen LogP contribution in [0.4, 0.5) is 5.69 Å². The zero-order valence-corrected chi connectivity index (χ0v) is 12.6. The number of ether oxygens (including phenoxy) is 1. The Hall–Kier alpha value is -1.66. The molecular weight excluding hydrogens is 290 g/mol. The van der Waals surface area contributed by atoms with Gasteiger partial charge < -0.3 is 10.5 Å². The number of benzene rings is 1. The molecule has 1 aliphatic heterocycles. The van der Waals surface area contributed by atoms with Crippen molar-refractivity contribution < 1.29 is 4.74 Å². The molecule has 7 heteroatoms. The monoisotopic (exact) mass is 307 g/mol. The molecule has 1 unspecified atom stereocenters. The van der Waals surface area contributed by atoms with Gasteiger partial charge >= 0.3 is 0 Å². The number of nitrogens with two attached hydrogens (primary N) is 1. The minimum absolute atomic E-state index is 0.192. The largest absolute Gasteiger partial charge is 0.397 e. The highest BCUT2D eigenvalue weighted by molar-refractivity contribution is 6.33. The van der Waals surface area contributed by atoms with E-state index in [-0.39, 0.29) is 6.04 Å². The predicted molar refractivity (Wildman–Crippen MR) is 80.9 cm³/mol. The molecule has 1 atom stereocenters. The maximum Gasteiger partial charge on any atom is 0.184 e. The first-order valence-corrected chi connectivity index (χ1v) is 7.46. The average Bonchev–Trinajstić information content (AvgIpc) is 2.99. The molecule has 0 spiro atoms. The average molecular weight is 308 g/mol. The molecule has 2 aromatic rings. The molecule has 1 aromatic carbocycles. The lowest BCUT2D eigenvalue weighted by Gasteiger charge is -2.28. The number of aromatic nitrogens is 4. The number of rotatable bonds is 3. The lowest BCUT2D eigenvalue weighted by molar-refractivity contribution is 0.0495. The molecule has 6 nitrogen and oxygen atoms in total. The summed E-state index contributed by atoms with van der Waals surface area (Å²) in [5.74, 6) is 1.16. The van der Waals surface area contributed by atoms with E-state index in [4.69, 9.17) is 22.1 Å². The Bertz CT molecular complexity index is 624. The van der Waals surface area contributed by atoms with Crippen LogP contribution in [-0.4, -0.2) is 33.4 Å². The summed E-state index contributed by atoms with van der Waals surface area (Å²) in [6, 6.07) is 5.69. The Morgan fingerprint density at radius 2 is 2.14 bits per heavy atom. The zero-order valence-electron chi connectivity index (χ0n) is 11.9. The smallest absolute Gasteiger partial charge is 0.184 e. The molecule has 0 amide bonds. The van der Waals surface area contributed by atoms with Crippen LogP contribution in [-0.2, 0) is 4.74 Å². The Morgan fingerprint density at radius 1 is 1.38 bits per heavy atom. The summed E-state index contributed by atoms with van der Waals surface area (Å²) >= 11 is 6.09. The first-order valence-electron chi connectivity index (χ1n) is 7.08. The highest BCUT2D eigenvalue weighted by Gasteiger charge is 2.26. The highest BCUT2D eigenvalue weighted by Crippen LogP contribution is 2.33. The fourth-order valence-corrected chi connectivity index (χ4v) is 2.95. The van der Waals surface area contributed by atoms with Crippen molar-refractivity contribution in [2.45, 2.75) is 25.8 Å². The number of para-hydroxylation sites is 1. The van der Waals surface area contributed by atoms with E-state index in [9.17, 15) is 0 Å². The molecule has 112 valence electrons. The van der Waals surface area contributed by atoms with Crippen molar-refractivity contribution in [2.75, 3.05) is 18.9 Å². The van der Waals surface area contributed by atoms with Crippen LogP contribution in [0.5, 0.6) is 0 Å². The number of halogens is 1. The second-order valence-electron chi connectivity index (χ2n) is 5.34. The SMILES string of the molecule is CC(C1CCOCC1)n1nnnc1-c1cccc(Cl)c1N. The van der Waals surface area contributed by atoms with Gasteiger partial charge in [0.2, 0.25) is 0 Å². The highest BCUT2D eigenvalue weighted by atomic mass is 35.5. The maximum absolute atomic E-state index is 6.09. The Balaban J connectivity index is 1.95. The summed E-state index contributed by atoms with van der Waals surface area (Å²) in [6.45, 7) is 3.73. The topological polar surface area (TPSA) is 78.8 Å². The Kier molecular flexibility index (Phi) is 4.07. The molecule has 1 aromatic heterocycles. The van der Waals surface area contributed by atoms with Gasteiger partial charge in [-0.1, -0.05) is 17.7 Å². The molecule has 3 rings (SSSR count). The number of hydrogen-bond donors (Lipinski definition) is 1. The van der Waals surface area contributed by atoms with Crippen LogP contribution >= 0.6 is 11.6 Å². The summed E-state index contributed by atoms with van der Waals surface area (Å²) < 4.78 is 7.26. The van der Waals surface area contributed by atoms with Crippen LogP contribution in [0.1, 0.15) is 25.8 Å². The number of tetrazole rings is 1. The van der Waals surface area contributed by atoms with Gasteiger partial charge in [-0.3, -0.25) is 0 Å². The minimum Gasteiger partial charge on any atom is -0.397 e. The molecule has 1 saturated heterocycles. The van der Waals surface area contributed by atoms with Crippen LogP contribution in [0.15, 0.2) is 18.2 Å². The van der Waals surface area contributed by atoms with E-state index < -0.39 is 0 Å². The van der Waals surface area contributed by atoms with Crippen LogP contribution < -0.4 is 5.73 Å². The minimum atomic E-state index is 0.192. The molecule has 1 aliphatic rings. The Labute approximate surface area is 128 Å². The van der Waals surface area contributed by atoms with Gasteiger partial charge in [0.15, 0.2) is 5.82 Å². The maximum atomic E-state index is 6.09. The number of hydrogen-bond acceptors (Lipinski definition) is 5. The van der Waals surface area contributed by atoms with Crippen molar-refractivity contribution in [2.24, 2.45) is 5.92 Å². The van der Waals surface area contributed by atoms with E-state index in [0.29, 0.717) is 22.5 Å². The van der Waals surface area contributed by atoms with E-state index in [1.54, 1.807) is 6.07 Å². The van der Waals surface area contributed by atoms with Crippen molar-refractivity contribution >= 4 is 17.3 Å². The third kappa shape index (κ3) is 2.73. The van der Waals surface area contributed by atoms with E-state index in [0.717, 1.165) is 31.6 Å². The lowest BCUT2D eigenvalue weighted by atomic mass is 9.93. The van der Waals surface area contributed by atoms with E-state index >= 15 is 0 Å². The van der Waals surface area contributed by atoms with Crippen molar-refractivity contribution in [3.05, 3.63) is 23.2 Å². The van der Waals surface area contributed by atoms with Gasteiger partial charge in [0.1, 0.15) is 0 Å². The molecule has 2 N–H and O–H groups in total. The van der Waals surface area contributed by atoms with Crippen LogP contribution in [0.25, 0.3) is 11.4 Å². The van der Waals surface area contributed by atoms with Gasteiger partial charge in [-0.15, -0.1) is 5.10 Å². The molecule has 0 bridgehead atoms. The van der Waals surface area contributed by atoms with Crippen molar-refractivity contribution in [1.29, 1.82) is 0 Å². The molecule has 0 radical (unpaired) electrons. The fourth-order valence-electron chi connectivity index (χ4n) is 2.78. The van der Waals surface area contributed by atoms with E-state index in [1.165, 1.54) is 0 Å². The number of anilines is 1. The van der Waals surface area contributed by atoms with Gasteiger partial charge in [-0.2, -0.15) is 0 Å². The van der Waals surface area contributed by atoms with Gasteiger partial charge in [-0.05, 0) is 48.2 Å². The molecule has 1 fully saturated rings. The molecule has 21 heavy (non-hydrogen) atoms.